The summed E-state index contributed by atoms with van der Waals surface area (Å²) in [6, 6.07) is 5.34. The molecule has 4 rings (SSSR count). The quantitative estimate of drug-likeness (QED) is 0.459. The van der Waals surface area contributed by atoms with Crippen LogP contribution in [0.3, 0.4) is 0 Å². The number of nitrogens with one attached hydrogen (secondary N) is 1. The van der Waals surface area contributed by atoms with Crippen molar-refractivity contribution in [2.75, 3.05) is 5.32 Å². The van der Waals surface area contributed by atoms with Crippen molar-refractivity contribution in [3.8, 4) is 0 Å². The summed E-state index contributed by atoms with van der Waals surface area (Å²) in [4.78, 5) is 29.3. The number of fused-ring (bicyclic) bond motifs is 3. The van der Waals surface area contributed by atoms with E-state index in [0.717, 1.165) is 11.6 Å². The van der Waals surface area contributed by atoms with Crippen LogP contribution in [0.4, 0.5) is 10.3 Å². The molecule has 0 unspecified atom stereocenters. The fourth-order valence-electron chi connectivity index (χ4n) is 3.24. The van der Waals surface area contributed by atoms with E-state index in [2.05, 4.69) is 42.2 Å². The van der Waals surface area contributed by atoms with Crippen molar-refractivity contribution in [1.29, 1.82) is 0 Å². The average Bonchev–Trinajstić information content (AvgIpc) is 2.95. The van der Waals surface area contributed by atoms with E-state index in [4.69, 9.17) is 11.6 Å². The zero-order chi connectivity index (χ0) is 19.5. The predicted octanol–water partition coefficient (Wildman–Crippen LogP) is 5.49. The molecule has 0 saturated carbocycles. The van der Waals surface area contributed by atoms with Crippen LogP contribution in [-0.4, -0.2) is 21.2 Å². The highest BCUT2D eigenvalue weighted by Gasteiger charge is 2.29. The maximum atomic E-state index is 13.6. The first-order valence-corrected chi connectivity index (χ1v) is 9.94. The normalized spacial score (nSPS) is 16.3. The van der Waals surface area contributed by atoms with Crippen LogP contribution in [0.2, 0.25) is 5.02 Å². The van der Waals surface area contributed by atoms with Gasteiger partial charge in [0.1, 0.15) is 11.3 Å². The predicted molar refractivity (Wildman–Crippen MR) is 108 cm³/mol. The van der Waals surface area contributed by atoms with Crippen molar-refractivity contribution in [1.82, 2.24) is 9.55 Å². The molecule has 1 N–H and O–H groups in total. The lowest BCUT2D eigenvalue weighted by Crippen LogP contribution is -2.26. The SMILES string of the molecule is C[C@@H]1CC(=O)Nc2nc3c(Br)c(C(=O)c4cc(F)ccc4Cl)c(Br)cc3n21. The van der Waals surface area contributed by atoms with Gasteiger partial charge in [-0.2, -0.15) is 0 Å². The minimum absolute atomic E-state index is 0.0584. The van der Waals surface area contributed by atoms with Gasteiger partial charge in [0, 0.05) is 22.5 Å². The second-order valence-corrected chi connectivity index (χ2v) is 8.33. The van der Waals surface area contributed by atoms with Gasteiger partial charge >= 0.3 is 0 Å². The van der Waals surface area contributed by atoms with E-state index in [9.17, 15) is 14.0 Å². The monoisotopic (exact) mass is 513 g/mol. The maximum absolute atomic E-state index is 13.6. The standard InChI is InChI=1S/C18H11Br2ClFN3O2/c1-7-4-13(26)23-18-24-16-12(25(7)18)6-10(19)14(15(16)20)17(27)9-5-8(22)2-3-11(9)21/h2-3,5-7H,4H2,1H3,(H,23,24,26)/t7-/m1/s1. The summed E-state index contributed by atoms with van der Waals surface area (Å²) in [7, 11) is 0. The van der Waals surface area contributed by atoms with Crippen LogP contribution < -0.4 is 5.32 Å². The van der Waals surface area contributed by atoms with Gasteiger partial charge in [0.05, 0.1) is 20.6 Å². The van der Waals surface area contributed by atoms with Crippen LogP contribution in [-0.2, 0) is 4.79 Å². The van der Waals surface area contributed by atoms with E-state index in [0.29, 0.717) is 26.8 Å². The molecule has 2 heterocycles. The van der Waals surface area contributed by atoms with Gasteiger partial charge in [0.25, 0.3) is 0 Å². The Hall–Kier alpha value is -1.77. The summed E-state index contributed by atoms with van der Waals surface area (Å²) in [6.07, 6.45) is 0.341. The minimum Gasteiger partial charge on any atom is -0.307 e. The van der Waals surface area contributed by atoms with Crippen molar-refractivity contribution >= 4 is 72.1 Å². The van der Waals surface area contributed by atoms with Crippen LogP contribution in [0.5, 0.6) is 0 Å². The minimum atomic E-state index is -0.551. The molecule has 0 saturated heterocycles. The van der Waals surface area contributed by atoms with Crippen molar-refractivity contribution in [2.45, 2.75) is 19.4 Å². The Morgan fingerprint density at radius 1 is 1.37 bits per heavy atom. The van der Waals surface area contributed by atoms with Gasteiger partial charge in [-0.25, -0.2) is 9.37 Å². The molecule has 0 aliphatic carbocycles. The number of aromatic nitrogens is 2. The van der Waals surface area contributed by atoms with E-state index < -0.39 is 11.6 Å². The van der Waals surface area contributed by atoms with Gasteiger partial charge < -0.3 is 4.57 Å². The highest BCUT2D eigenvalue weighted by molar-refractivity contribution is 9.11. The molecule has 1 aliphatic heterocycles. The molecule has 2 aromatic carbocycles. The van der Waals surface area contributed by atoms with Crippen molar-refractivity contribution in [3.63, 3.8) is 0 Å². The zero-order valence-corrected chi connectivity index (χ0v) is 17.7. The topological polar surface area (TPSA) is 64.0 Å². The number of benzene rings is 2. The Balaban J connectivity index is 1.94. The Labute approximate surface area is 175 Å². The third kappa shape index (κ3) is 2.99. The molecule has 5 nitrogen and oxygen atoms in total. The number of ketones is 1. The Bertz CT molecular complexity index is 1150. The van der Waals surface area contributed by atoms with Crippen molar-refractivity contribution in [3.05, 3.63) is 55.2 Å². The van der Waals surface area contributed by atoms with Gasteiger partial charge in [0.15, 0.2) is 5.78 Å². The highest BCUT2D eigenvalue weighted by atomic mass is 79.9. The molecular formula is C18H11Br2ClFN3O2. The highest BCUT2D eigenvalue weighted by Crippen LogP contribution is 2.39. The Morgan fingerprint density at radius 3 is 2.85 bits per heavy atom. The maximum Gasteiger partial charge on any atom is 0.228 e. The van der Waals surface area contributed by atoms with Gasteiger partial charge in [-0.15, -0.1) is 0 Å². The Morgan fingerprint density at radius 2 is 2.11 bits per heavy atom. The van der Waals surface area contributed by atoms with Crippen molar-refractivity contribution < 1.29 is 14.0 Å². The number of halogens is 4. The summed E-state index contributed by atoms with van der Waals surface area (Å²) in [5.74, 6) is -0.675. The van der Waals surface area contributed by atoms with Gasteiger partial charge in [-0.1, -0.05) is 11.6 Å². The van der Waals surface area contributed by atoms with E-state index in [1.54, 1.807) is 6.07 Å². The fourth-order valence-corrected chi connectivity index (χ4v) is 4.99. The molecule has 1 aliphatic rings. The van der Waals surface area contributed by atoms with Crippen LogP contribution in [0.1, 0.15) is 35.3 Å². The third-order valence-electron chi connectivity index (χ3n) is 4.45. The van der Waals surface area contributed by atoms with Crippen molar-refractivity contribution in [2.24, 2.45) is 0 Å². The third-order valence-corrected chi connectivity index (χ3v) is 6.18. The molecule has 1 aromatic heterocycles. The summed E-state index contributed by atoms with van der Waals surface area (Å²) in [5.41, 5.74) is 1.63. The number of carbonyl (C=O) groups excluding carboxylic acids is 2. The fraction of sp³-hybridized carbons (Fsp3) is 0.167. The van der Waals surface area contributed by atoms with Crippen LogP contribution in [0.25, 0.3) is 11.0 Å². The number of amides is 1. The molecule has 9 heteroatoms. The van der Waals surface area contributed by atoms with Gasteiger partial charge in [0.2, 0.25) is 11.9 Å². The molecule has 0 spiro atoms. The molecule has 0 fully saturated rings. The Kier molecular flexibility index (Phi) is 4.60. The lowest BCUT2D eigenvalue weighted by molar-refractivity contribution is -0.117. The number of anilines is 1. The first-order chi connectivity index (χ1) is 12.8. The number of nitrogens with zero attached hydrogens (tertiary/aromatic N) is 2. The molecule has 3 aromatic rings. The first-order valence-electron chi connectivity index (χ1n) is 7.97. The summed E-state index contributed by atoms with van der Waals surface area (Å²) >= 11 is 13.0. The van der Waals surface area contributed by atoms with Gasteiger partial charge in [-0.3, -0.25) is 14.9 Å². The summed E-state index contributed by atoms with van der Waals surface area (Å²) in [6.45, 7) is 1.93. The molecule has 138 valence electrons. The lowest BCUT2D eigenvalue weighted by atomic mass is 10.0. The van der Waals surface area contributed by atoms with Crippen LogP contribution in [0, 0.1) is 5.82 Å². The second kappa shape index (κ2) is 6.68. The van der Waals surface area contributed by atoms with E-state index in [-0.39, 0.29) is 28.1 Å². The zero-order valence-electron chi connectivity index (χ0n) is 13.8. The number of carbonyl (C=O) groups is 2. The molecule has 1 atom stereocenters. The van der Waals surface area contributed by atoms with E-state index in [1.807, 2.05) is 11.5 Å². The van der Waals surface area contributed by atoms with E-state index in [1.165, 1.54) is 12.1 Å². The number of imidazole rings is 1. The lowest BCUT2D eigenvalue weighted by Gasteiger charge is -2.22. The summed E-state index contributed by atoms with van der Waals surface area (Å²) < 4.78 is 16.5. The molecule has 0 bridgehead atoms. The molecular weight excluding hydrogens is 504 g/mol. The van der Waals surface area contributed by atoms with Crippen LogP contribution in [0.15, 0.2) is 33.2 Å². The number of hydrogen-bond acceptors (Lipinski definition) is 3. The summed E-state index contributed by atoms with van der Waals surface area (Å²) in [5, 5.41) is 2.90. The van der Waals surface area contributed by atoms with Crippen LogP contribution >= 0.6 is 43.5 Å². The van der Waals surface area contributed by atoms with E-state index >= 15 is 0 Å². The molecule has 27 heavy (non-hydrogen) atoms. The first kappa shape index (κ1) is 18.6. The average molecular weight is 516 g/mol. The number of hydrogen-bond donors (Lipinski definition) is 1. The number of rotatable bonds is 2. The smallest absolute Gasteiger partial charge is 0.228 e. The largest absolute Gasteiger partial charge is 0.307 e. The molecule has 0 radical (unpaired) electrons. The van der Waals surface area contributed by atoms with Gasteiger partial charge in [-0.05, 0) is 63.0 Å². The second-order valence-electron chi connectivity index (χ2n) is 6.28. The molecule has 1 amide bonds.